The van der Waals surface area contributed by atoms with Crippen LogP contribution < -0.4 is 16.0 Å². The molecule has 2 aliphatic rings. The summed E-state index contributed by atoms with van der Waals surface area (Å²) in [5.74, 6) is -2.24. The van der Waals surface area contributed by atoms with E-state index in [1.165, 1.54) is 52.9 Å². The van der Waals surface area contributed by atoms with Crippen molar-refractivity contribution in [2.75, 3.05) is 29.2 Å². The number of ether oxygens (including phenoxy) is 2. The minimum Gasteiger partial charge on any atom is -0.462 e. The number of thiophene rings is 1. The van der Waals surface area contributed by atoms with E-state index < -0.39 is 29.7 Å². The number of carbonyl (C=O) groups is 5. The van der Waals surface area contributed by atoms with E-state index in [2.05, 4.69) is 17.4 Å². The quantitative estimate of drug-likeness (QED) is 0.117. The Bertz CT molecular complexity index is 1870. The Hall–Kier alpha value is -4.94. The minimum absolute atomic E-state index is 0.0376. The Morgan fingerprint density at radius 3 is 2.46 bits per heavy atom. The molecule has 1 aliphatic heterocycles. The molecule has 3 aromatic carbocycles. The molecule has 2 unspecified atom stereocenters. The number of thioether (sulfide) groups is 1. The van der Waals surface area contributed by atoms with Gasteiger partial charge in [-0.1, -0.05) is 36.4 Å². The molecule has 3 N–H and O–H groups in total. The van der Waals surface area contributed by atoms with Gasteiger partial charge in [0.1, 0.15) is 5.00 Å². The van der Waals surface area contributed by atoms with Gasteiger partial charge in [0.05, 0.1) is 28.7 Å². The monoisotopic (exact) mass is 683 g/mol. The number of imide groups is 1. The zero-order valence-electron chi connectivity index (χ0n) is 26.1. The fraction of sp³-hybridized carbons (Fsp3) is 0.250. The number of benzene rings is 3. The largest absolute Gasteiger partial charge is 0.462 e. The van der Waals surface area contributed by atoms with E-state index in [9.17, 15) is 24.0 Å². The third kappa shape index (κ3) is 7.14. The van der Waals surface area contributed by atoms with Crippen LogP contribution in [0.25, 0.3) is 0 Å². The Morgan fingerprint density at radius 1 is 0.958 bits per heavy atom. The van der Waals surface area contributed by atoms with Crippen molar-refractivity contribution in [1.29, 1.82) is 0 Å². The summed E-state index contributed by atoms with van der Waals surface area (Å²) in [6.07, 6.45) is 2.33. The highest BCUT2D eigenvalue weighted by Crippen LogP contribution is 2.43. The number of nitrogens with zero attached hydrogens (tertiary/aromatic N) is 1. The lowest BCUT2D eigenvalue weighted by Crippen LogP contribution is -2.31. The van der Waals surface area contributed by atoms with Gasteiger partial charge in [0.15, 0.2) is 6.61 Å². The normalized spacial score (nSPS) is 17.1. The minimum atomic E-state index is -0.757. The summed E-state index contributed by atoms with van der Waals surface area (Å²) < 4.78 is 10.6. The van der Waals surface area contributed by atoms with Crippen molar-refractivity contribution < 1.29 is 33.4 Å². The van der Waals surface area contributed by atoms with Crippen LogP contribution in [0.2, 0.25) is 0 Å². The first-order chi connectivity index (χ1) is 23.2. The Balaban J connectivity index is 1.07. The number of hydrogen-bond donors (Lipinski definition) is 2. The SMILES string of the molecule is CCOC(=O)c1c(NC(=O)COC(=O)c2ccc(N3C(=O)CC(Sc4cccc(N)c4)C3=O)cc2)sc2c1CCC(c1ccccc1)C2. The van der Waals surface area contributed by atoms with Gasteiger partial charge in [0, 0.05) is 21.9 Å². The highest BCUT2D eigenvalue weighted by Gasteiger charge is 2.40. The van der Waals surface area contributed by atoms with Crippen LogP contribution in [-0.4, -0.2) is 48.1 Å². The average Bonchev–Trinajstić information content (AvgIpc) is 3.58. The molecule has 12 heteroatoms. The van der Waals surface area contributed by atoms with Gasteiger partial charge in [0.25, 0.3) is 5.91 Å². The first-order valence-corrected chi connectivity index (χ1v) is 17.2. The van der Waals surface area contributed by atoms with Crippen LogP contribution in [0.1, 0.15) is 62.4 Å². The van der Waals surface area contributed by atoms with Crippen LogP contribution in [0.15, 0.2) is 83.8 Å². The van der Waals surface area contributed by atoms with Crippen LogP contribution in [0.4, 0.5) is 16.4 Å². The summed E-state index contributed by atoms with van der Waals surface area (Å²) in [5.41, 5.74) is 9.36. The molecule has 6 rings (SSSR count). The van der Waals surface area contributed by atoms with E-state index >= 15 is 0 Å². The number of rotatable bonds is 10. The summed E-state index contributed by atoms with van der Waals surface area (Å²) in [7, 11) is 0. The molecule has 2 atom stereocenters. The fourth-order valence-electron chi connectivity index (χ4n) is 5.95. The summed E-state index contributed by atoms with van der Waals surface area (Å²) in [4.78, 5) is 67.5. The predicted octanol–water partition coefficient (Wildman–Crippen LogP) is 6.00. The topological polar surface area (TPSA) is 145 Å². The van der Waals surface area contributed by atoms with Gasteiger partial charge in [-0.2, -0.15) is 0 Å². The van der Waals surface area contributed by atoms with Gasteiger partial charge in [-0.05, 0) is 85.7 Å². The van der Waals surface area contributed by atoms with Crippen molar-refractivity contribution in [2.24, 2.45) is 0 Å². The van der Waals surface area contributed by atoms with Crippen molar-refractivity contribution in [3.8, 4) is 0 Å². The number of hydrogen-bond acceptors (Lipinski definition) is 10. The van der Waals surface area contributed by atoms with Crippen LogP contribution in [-0.2, 0) is 36.7 Å². The molecular weight excluding hydrogens is 651 g/mol. The lowest BCUT2D eigenvalue weighted by molar-refractivity contribution is -0.121. The second kappa shape index (κ2) is 14.4. The molecule has 3 amide bonds. The Labute approximate surface area is 285 Å². The van der Waals surface area contributed by atoms with Crippen LogP contribution in [0, 0.1) is 0 Å². The maximum absolute atomic E-state index is 13.1. The summed E-state index contributed by atoms with van der Waals surface area (Å²) in [5, 5.41) is 2.55. The molecule has 4 aromatic rings. The molecule has 1 fully saturated rings. The number of anilines is 3. The number of nitrogens with two attached hydrogens (primary N) is 1. The highest BCUT2D eigenvalue weighted by atomic mass is 32.2. The van der Waals surface area contributed by atoms with Gasteiger partial charge < -0.3 is 20.5 Å². The fourth-order valence-corrected chi connectivity index (χ4v) is 8.40. The molecule has 0 saturated carbocycles. The molecule has 246 valence electrons. The van der Waals surface area contributed by atoms with E-state index in [-0.39, 0.29) is 30.4 Å². The number of carbonyl (C=O) groups excluding carboxylic acids is 5. The molecule has 1 aromatic heterocycles. The summed E-state index contributed by atoms with van der Waals surface area (Å²) in [6.45, 7) is 1.35. The van der Waals surface area contributed by atoms with Crippen molar-refractivity contribution in [3.05, 3.63) is 106 Å². The molecular formula is C36H33N3O7S2. The van der Waals surface area contributed by atoms with E-state index in [4.69, 9.17) is 15.2 Å². The smallest absolute Gasteiger partial charge is 0.341 e. The standard InChI is InChI=1S/C36H33N3O7S2/c1-2-45-36(44)32-27-16-13-23(21-7-4-3-5-8-21)17-28(27)48-33(32)38-30(40)20-46-35(43)22-11-14-25(15-12-22)39-31(41)19-29(34(39)42)47-26-10-6-9-24(37)18-26/h3-12,14-15,18,23,29H,2,13,16-17,19-20,37H2,1H3,(H,38,40). The second-order valence-corrected chi connectivity index (χ2v) is 13.8. The molecule has 2 heterocycles. The van der Waals surface area contributed by atoms with Crippen molar-refractivity contribution in [2.45, 2.75) is 48.7 Å². The van der Waals surface area contributed by atoms with Gasteiger partial charge >= 0.3 is 11.9 Å². The zero-order valence-corrected chi connectivity index (χ0v) is 27.7. The van der Waals surface area contributed by atoms with E-state index in [1.54, 1.807) is 25.1 Å². The molecule has 48 heavy (non-hydrogen) atoms. The Morgan fingerprint density at radius 2 is 1.73 bits per heavy atom. The molecule has 0 spiro atoms. The van der Waals surface area contributed by atoms with Gasteiger partial charge in [-0.3, -0.25) is 14.4 Å². The number of nitrogens with one attached hydrogen (secondary N) is 1. The molecule has 1 saturated heterocycles. The Kier molecular flexibility index (Phi) is 9.93. The van der Waals surface area contributed by atoms with Crippen molar-refractivity contribution in [1.82, 2.24) is 0 Å². The van der Waals surface area contributed by atoms with E-state index in [1.807, 2.05) is 24.3 Å². The number of amides is 3. The highest BCUT2D eigenvalue weighted by molar-refractivity contribution is 8.00. The maximum Gasteiger partial charge on any atom is 0.341 e. The molecule has 1 aliphatic carbocycles. The second-order valence-electron chi connectivity index (χ2n) is 11.4. The third-order valence-electron chi connectivity index (χ3n) is 8.21. The first-order valence-electron chi connectivity index (χ1n) is 15.5. The summed E-state index contributed by atoms with van der Waals surface area (Å²) >= 11 is 2.62. The average molecular weight is 684 g/mol. The summed E-state index contributed by atoms with van der Waals surface area (Å²) in [6, 6.07) is 23.2. The zero-order chi connectivity index (χ0) is 33.8. The first kappa shape index (κ1) is 33.0. The van der Waals surface area contributed by atoms with Gasteiger partial charge in [-0.25, -0.2) is 14.5 Å². The van der Waals surface area contributed by atoms with E-state index in [0.717, 1.165) is 33.1 Å². The lowest BCUT2D eigenvalue weighted by Gasteiger charge is -2.23. The molecule has 0 radical (unpaired) electrons. The van der Waals surface area contributed by atoms with Crippen LogP contribution >= 0.6 is 23.1 Å². The number of esters is 2. The van der Waals surface area contributed by atoms with Crippen LogP contribution in [0.5, 0.6) is 0 Å². The van der Waals surface area contributed by atoms with Gasteiger partial charge in [-0.15, -0.1) is 23.1 Å². The van der Waals surface area contributed by atoms with Crippen LogP contribution in [0.3, 0.4) is 0 Å². The van der Waals surface area contributed by atoms with Crippen molar-refractivity contribution >= 4 is 69.1 Å². The van der Waals surface area contributed by atoms with Crippen molar-refractivity contribution in [3.63, 3.8) is 0 Å². The maximum atomic E-state index is 13.1. The van der Waals surface area contributed by atoms with Gasteiger partial charge in [0.2, 0.25) is 11.8 Å². The number of nitrogen functional groups attached to an aromatic ring is 1. The molecule has 10 nitrogen and oxygen atoms in total. The predicted molar refractivity (Wildman–Crippen MR) is 184 cm³/mol. The molecule has 0 bridgehead atoms. The van der Waals surface area contributed by atoms with E-state index in [0.29, 0.717) is 34.3 Å². The number of fused-ring (bicyclic) bond motifs is 1. The third-order valence-corrected chi connectivity index (χ3v) is 10.6. The lowest BCUT2D eigenvalue weighted by atomic mass is 9.83.